The third-order valence-corrected chi connectivity index (χ3v) is 7.58. The van der Waals surface area contributed by atoms with E-state index in [1.54, 1.807) is 18.3 Å². The van der Waals surface area contributed by atoms with Crippen molar-refractivity contribution < 1.29 is 4.79 Å². The van der Waals surface area contributed by atoms with Gasteiger partial charge in [0.05, 0.1) is 11.7 Å². The van der Waals surface area contributed by atoms with Gasteiger partial charge in [0.1, 0.15) is 10.9 Å². The van der Waals surface area contributed by atoms with Gasteiger partial charge in [-0.15, -0.1) is 11.3 Å². The van der Waals surface area contributed by atoms with Crippen LogP contribution in [0.3, 0.4) is 0 Å². The summed E-state index contributed by atoms with van der Waals surface area (Å²) in [6.07, 6.45) is 4.51. The fourth-order valence-corrected chi connectivity index (χ4v) is 5.53. The van der Waals surface area contributed by atoms with Crippen molar-refractivity contribution in [3.63, 3.8) is 0 Å². The number of carbonyl (C=O) groups excluding carboxylic acids is 1. The summed E-state index contributed by atoms with van der Waals surface area (Å²) in [5, 5.41) is 3.65. The first-order chi connectivity index (χ1) is 14.2. The minimum Gasteiger partial charge on any atom is -0.324 e. The Bertz CT molecular complexity index is 1170. The van der Waals surface area contributed by atoms with E-state index in [4.69, 9.17) is 0 Å². The van der Waals surface area contributed by atoms with E-state index in [0.29, 0.717) is 11.3 Å². The second-order valence-electron chi connectivity index (χ2n) is 9.43. The number of benzene rings is 1. The van der Waals surface area contributed by atoms with Crippen molar-refractivity contribution in [3.8, 4) is 0 Å². The first-order valence-electron chi connectivity index (χ1n) is 10.5. The molecule has 4 rings (SSSR count). The Balaban J connectivity index is 1.66. The van der Waals surface area contributed by atoms with Crippen LogP contribution in [-0.2, 0) is 17.6 Å². The minimum atomic E-state index is -0.643. The molecule has 1 aliphatic rings. The van der Waals surface area contributed by atoms with Gasteiger partial charge in [0.2, 0.25) is 5.91 Å². The smallest absolute Gasteiger partial charge is 0.263 e. The highest BCUT2D eigenvalue weighted by atomic mass is 32.1. The van der Waals surface area contributed by atoms with Gasteiger partial charge in [-0.3, -0.25) is 14.2 Å². The van der Waals surface area contributed by atoms with E-state index in [1.165, 1.54) is 15.8 Å². The molecular formula is C24H29N3O2S. The van der Waals surface area contributed by atoms with Crippen molar-refractivity contribution in [3.05, 3.63) is 57.0 Å². The lowest BCUT2D eigenvalue weighted by molar-refractivity contribution is -0.118. The van der Waals surface area contributed by atoms with Crippen molar-refractivity contribution in [2.75, 3.05) is 5.32 Å². The number of anilines is 1. The zero-order chi connectivity index (χ0) is 21.6. The summed E-state index contributed by atoms with van der Waals surface area (Å²) in [6.45, 7) is 10.6. The van der Waals surface area contributed by atoms with Crippen molar-refractivity contribution in [2.24, 2.45) is 11.3 Å². The maximum atomic E-state index is 13.4. The van der Waals surface area contributed by atoms with Gasteiger partial charge in [-0.25, -0.2) is 4.98 Å². The van der Waals surface area contributed by atoms with Crippen LogP contribution in [0.2, 0.25) is 0 Å². The number of para-hydroxylation sites is 1. The molecule has 3 aromatic rings. The van der Waals surface area contributed by atoms with Crippen LogP contribution in [0.25, 0.3) is 10.2 Å². The highest BCUT2D eigenvalue weighted by Crippen LogP contribution is 2.42. The third kappa shape index (κ3) is 3.69. The zero-order valence-electron chi connectivity index (χ0n) is 18.3. The first-order valence-corrected chi connectivity index (χ1v) is 11.4. The van der Waals surface area contributed by atoms with E-state index < -0.39 is 6.04 Å². The Morgan fingerprint density at radius 1 is 1.30 bits per heavy atom. The molecule has 0 spiro atoms. The van der Waals surface area contributed by atoms with Gasteiger partial charge in [-0.2, -0.15) is 0 Å². The molecule has 30 heavy (non-hydrogen) atoms. The van der Waals surface area contributed by atoms with E-state index in [1.807, 2.05) is 31.2 Å². The second kappa shape index (κ2) is 7.65. The Labute approximate surface area is 181 Å². The number of nitrogens with zero attached hydrogens (tertiary/aromatic N) is 2. The number of aryl methyl sites for hydroxylation is 2. The molecule has 1 amide bonds. The van der Waals surface area contributed by atoms with Gasteiger partial charge in [0.25, 0.3) is 5.56 Å². The highest BCUT2D eigenvalue weighted by molar-refractivity contribution is 7.18. The molecule has 0 saturated carbocycles. The summed E-state index contributed by atoms with van der Waals surface area (Å²) < 4.78 is 1.47. The molecule has 0 saturated heterocycles. The number of carbonyl (C=O) groups is 1. The number of hydrogen-bond donors (Lipinski definition) is 1. The number of rotatable bonds is 3. The van der Waals surface area contributed by atoms with Crippen LogP contribution in [0.1, 0.15) is 56.2 Å². The topological polar surface area (TPSA) is 64.0 Å². The summed E-state index contributed by atoms with van der Waals surface area (Å²) >= 11 is 1.64. The SMILES string of the molecule is Cc1ccccc1NC(=O)[C@H](C)n1cnc2sc3c(c2c1=O)CC[C@H](C(C)(C)C)C3. The lowest BCUT2D eigenvalue weighted by Gasteiger charge is -2.33. The lowest BCUT2D eigenvalue weighted by atomic mass is 9.72. The van der Waals surface area contributed by atoms with Gasteiger partial charge in [-0.05, 0) is 61.6 Å². The highest BCUT2D eigenvalue weighted by Gasteiger charge is 2.32. The Hall–Kier alpha value is -2.47. The van der Waals surface area contributed by atoms with Crippen LogP contribution in [0, 0.1) is 18.3 Å². The largest absolute Gasteiger partial charge is 0.324 e. The maximum Gasteiger partial charge on any atom is 0.263 e. The summed E-state index contributed by atoms with van der Waals surface area (Å²) in [7, 11) is 0. The van der Waals surface area contributed by atoms with Crippen molar-refractivity contribution >= 4 is 33.1 Å². The molecule has 1 aliphatic carbocycles. The molecule has 0 fully saturated rings. The van der Waals surface area contributed by atoms with Crippen molar-refractivity contribution in [1.82, 2.24) is 9.55 Å². The van der Waals surface area contributed by atoms with Gasteiger partial charge < -0.3 is 5.32 Å². The van der Waals surface area contributed by atoms with Gasteiger partial charge >= 0.3 is 0 Å². The van der Waals surface area contributed by atoms with Crippen molar-refractivity contribution in [2.45, 2.75) is 59.9 Å². The molecule has 1 N–H and O–H groups in total. The standard InChI is InChI=1S/C24H29N3O2S/c1-14-8-6-7-9-18(14)26-21(28)15(2)27-13-25-22-20(23(27)29)17-11-10-16(24(3,4)5)12-19(17)30-22/h6-9,13,15-16H,10-12H2,1-5H3,(H,26,28)/t15-,16-/m0/s1. The van der Waals surface area contributed by atoms with E-state index >= 15 is 0 Å². The predicted molar refractivity (Wildman–Crippen MR) is 123 cm³/mol. The summed E-state index contributed by atoms with van der Waals surface area (Å²) in [5.74, 6) is 0.392. The first kappa shape index (κ1) is 20.8. The van der Waals surface area contributed by atoms with Gasteiger partial charge in [0, 0.05) is 10.6 Å². The van der Waals surface area contributed by atoms with Crippen LogP contribution >= 0.6 is 11.3 Å². The number of thiophene rings is 1. The molecule has 0 bridgehead atoms. The Kier molecular flexibility index (Phi) is 5.30. The third-order valence-electron chi connectivity index (χ3n) is 6.42. The molecule has 1 aromatic carbocycles. The quantitative estimate of drug-likeness (QED) is 0.636. The van der Waals surface area contributed by atoms with Gasteiger partial charge in [-0.1, -0.05) is 39.0 Å². The van der Waals surface area contributed by atoms with Crippen LogP contribution in [-0.4, -0.2) is 15.5 Å². The predicted octanol–water partition coefficient (Wildman–Crippen LogP) is 5.12. The number of fused-ring (bicyclic) bond motifs is 3. The minimum absolute atomic E-state index is 0.112. The molecule has 6 heteroatoms. The molecule has 0 radical (unpaired) electrons. The number of nitrogens with one attached hydrogen (secondary N) is 1. The normalized spacial score (nSPS) is 17.6. The monoisotopic (exact) mass is 423 g/mol. The second-order valence-corrected chi connectivity index (χ2v) is 10.5. The van der Waals surface area contributed by atoms with E-state index in [0.717, 1.165) is 40.9 Å². The molecule has 5 nitrogen and oxygen atoms in total. The van der Waals surface area contributed by atoms with Crippen LogP contribution in [0.15, 0.2) is 35.4 Å². The van der Waals surface area contributed by atoms with Crippen LogP contribution in [0.5, 0.6) is 0 Å². The molecule has 2 heterocycles. The number of amides is 1. The summed E-state index contributed by atoms with van der Waals surface area (Å²) in [4.78, 5) is 32.8. The fraction of sp³-hybridized carbons (Fsp3) is 0.458. The fourth-order valence-electron chi connectivity index (χ4n) is 4.27. The van der Waals surface area contributed by atoms with Gasteiger partial charge in [0.15, 0.2) is 0 Å². The molecular weight excluding hydrogens is 394 g/mol. The van der Waals surface area contributed by atoms with Crippen LogP contribution in [0.4, 0.5) is 5.69 Å². The molecule has 0 unspecified atom stereocenters. The van der Waals surface area contributed by atoms with E-state index in [2.05, 4.69) is 31.1 Å². The lowest BCUT2D eigenvalue weighted by Crippen LogP contribution is -2.32. The number of hydrogen-bond acceptors (Lipinski definition) is 4. The summed E-state index contributed by atoms with van der Waals surface area (Å²) in [6, 6.07) is 6.99. The number of aromatic nitrogens is 2. The molecule has 2 aromatic heterocycles. The van der Waals surface area contributed by atoms with Crippen LogP contribution < -0.4 is 10.9 Å². The Morgan fingerprint density at radius 2 is 2.03 bits per heavy atom. The zero-order valence-corrected chi connectivity index (χ0v) is 19.1. The van der Waals surface area contributed by atoms with E-state index in [-0.39, 0.29) is 16.9 Å². The molecule has 2 atom stereocenters. The average Bonchev–Trinajstić information content (AvgIpc) is 3.07. The summed E-state index contributed by atoms with van der Waals surface area (Å²) in [5.41, 5.74) is 3.04. The Morgan fingerprint density at radius 3 is 2.73 bits per heavy atom. The maximum absolute atomic E-state index is 13.4. The molecule has 158 valence electrons. The molecule has 0 aliphatic heterocycles. The van der Waals surface area contributed by atoms with E-state index in [9.17, 15) is 9.59 Å². The van der Waals surface area contributed by atoms with Crippen molar-refractivity contribution in [1.29, 1.82) is 0 Å². The average molecular weight is 424 g/mol.